The molecule has 1 aromatic rings. The number of nitrogens with one attached hydrogen (secondary N) is 1. The van der Waals surface area contributed by atoms with Crippen molar-refractivity contribution in [1.29, 1.82) is 0 Å². The fraction of sp³-hybridized carbons (Fsp3) is 0.647. The minimum atomic E-state index is -0.177. The average molecular weight is 298 g/mol. The van der Waals surface area contributed by atoms with Gasteiger partial charge in [0.25, 0.3) is 0 Å². The van der Waals surface area contributed by atoms with Gasteiger partial charge in [-0.3, -0.25) is 0 Å². The lowest BCUT2D eigenvalue weighted by Gasteiger charge is -2.40. The summed E-state index contributed by atoms with van der Waals surface area (Å²) in [5.41, 5.74) is 2.14. The van der Waals surface area contributed by atoms with E-state index in [0.29, 0.717) is 0 Å². The van der Waals surface area contributed by atoms with Crippen LogP contribution >= 0.6 is 11.6 Å². The van der Waals surface area contributed by atoms with Crippen LogP contribution < -0.4 is 5.32 Å². The van der Waals surface area contributed by atoms with Crippen molar-refractivity contribution in [1.82, 2.24) is 5.32 Å². The fourth-order valence-corrected chi connectivity index (χ4v) is 3.02. The van der Waals surface area contributed by atoms with Crippen molar-refractivity contribution in [3.63, 3.8) is 0 Å². The van der Waals surface area contributed by atoms with Crippen molar-refractivity contribution >= 4 is 11.6 Å². The highest BCUT2D eigenvalue weighted by molar-refractivity contribution is 6.31. The molecule has 0 aliphatic rings. The number of hydrogen-bond donors (Lipinski definition) is 1. The van der Waals surface area contributed by atoms with Crippen molar-refractivity contribution in [3.8, 4) is 0 Å². The van der Waals surface area contributed by atoms with Crippen LogP contribution in [0.4, 0.5) is 0 Å². The molecule has 0 heterocycles. The Bertz CT molecular complexity index is 415. The van der Waals surface area contributed by atoms with Crippen molar-refractivity contribution in [2.24, 2.45) is 0 Å². The van der Waals surface area contributed by atoms with Crippen LogP contribution in [0.25, 0.3) is 0 Å². The van der Waals surface area contributed by atoms with Crippen LogP contribution in [0, 0.1) is 6.92 Å². The van der Waals surface area contributed by atoms with Gasteiger partial charge in [-0.05, 0) is 50.4 Å². The van der Waals surface area contributed by atoms with Gasteiger partial charge in [-0.15, -0.1) is 0 Å². The maximum atomic E-state index is 6.30. The topological polar surface area (TPSA) is 21.3 Å². The molecule has 1 N–H and O–H groups in total. The maximum absolute atomic E-state index is 6.30. The molecule has 0 spiro atoms. The van der Waals surface area contributed by atoms with Crippen LogP contribution in [0.15, 0.2) is 18.2 Å². The number of rotatable bonds is 8. The Labute approximate surface area is 128 Å². The molecule has 0 radical (unpaired) electrons. The van der Waals surface area contributed by atoms with Crippen LogP contribution in [-0.2, 0) is 4.74 Å². The van der Waals surface area contributed by atoms with Crippen molar-refractivity contribution in [2.75, 3.05) is 13.2 Å². The van der Waals surface area contributed by atoms with Gasteiger partial charge >= 0.3 is 0 Å². The minimum absolute atomic E-state index is 0.167. The molecule has 0 aliphatic heterocycles. The second-order valence-electron chi connectivity index (χ2n) is 5.20. The summed E-state index contributed by atoms with van der Waals surface area (Å²) < 4.78 is 6.16. The first kappa shape index (κ1) is 17.5. The van der Waals surface area contributed by atoms with Gasteiger partial charge in [-0.2, -0.15) is 0 Å². The summed E-state index contributed by atoms with van der Waals surface area (Å²) in [6, 6.07) is 6.49. The molecular formula is C17H28ClNO. The van der Waals surface area contributed by atoms with Crippen molar-refractivity contribution in [2.45, 2.75) is 59.1 Å². The Hall–Kier alpha value is -0.570. The van der Waals surface area contributed by atoms with E-state index in [1.165, 1.54) is 5.56 Å². The van der Waals surface area contributed by atoms with Gasteiger partial charge in [0.15, 0.2) is 0 Å². The first-order valence-corrected chi connectivity index (χ1v) is 8.05. The molecule has 1 unspecified atom stereocenters. The van der Waals surface area contributed by atoms with Gasteiger partial charge in [0, 0.05) is 11.6 Å². The molecule has 1 atom stereocenters. The molecule has 0 aliphatic carbocycles. The van der Waals surface area contributed by atoms with E-state index in [9.17, 15) is 0 Å². The number of ether oxygens (including phenoxy) is 1. The first-order chi connectivity index (χ1) is 9.54. The number of aryl methyl sites for hydroxylation is 1. The SMILES string of the molecule is CCNC(c1ccc(C)c(Cl)c1)C(CC)(CC)OCC. The first-order valence-electron chi connectivity index (χ1n) is 7.67. The van der Waals surface area contributed by atoms with E-state index in [2.05, 4.69) is 51.2 Å². The fourth-order valence-electron chi connectivity index (χ4n) is 2.83. The van der Waals surface area contributed by atoms with E-state index in [4.69, 9.17) is 16.3 Å². The smallest absolute Gasteiger partial charge is 0.0870 e. The highest BCUT2D eigenvalue weighted by Gasteiger charge is 2.37. The van der Waals surface area contributed by atoms with Crippen molar-refractivity contribution in [3.05, 3.63) is 34.3 Å². The molecule has 3 heteroatoms. The lowest BCUT2D eigenvalue weighted by Crippen LogP contribution is -2.45. The van der Waals surface area contributed by atoms with Gasteiger partial charge < -0.3 is 10.1 Å². The zero-order chi connectivity index (χ0) is 15.2. The quantitative estimate of drug-likeness (QED) is 0.737. The number of benzene rings is 1. The monoisotopic (exact) mass is 297 g/mol. The molecule has 0 saturated carbocycles. The Kier molecular flexibility index (Phi) is 7.01. The summed E-state index contributed by atoms with van der Waals surface area (Å²) in [4.78, 5) is 0. The van der Waals surface area contributed by atoms with Gasteiger partial charge in [-0.25, -0.2) is 0 Å². The highest BCUT2D eigenvalue weighted by Crippen LogP contribution is 2.36. The van der Waals surface area contributed by atoms with Crippen LogP contribution in [0.2, 0.25) is 5.02 Å². The lowest BCUT2D eigenvalue weighted by atomic mass is 9.83. The molecule has 1 rings (SSSR count). The number of likely N-dealkylation sites (N-methyl/N-ethyl adjacent to an activating group) is 1. The predicted octanol–water partition coefficient (Wildman–Crippen LogP) is 4.89. The van der Waals surface area contributed by atoms with Crippen molar-refractivity contribution < 1.29 is 4.74 Å². The van der Waals surface area contributed by atoms with E-state index in [-0.39, 0.29) is 11.6 Å². The Morgan fingerprint density at radius 2 is 1.85 bits per heavy atom. The van der Waals surface area contributed by atoms with Gasteiger partial charge in [0.2, 0.25) is 0 Å². The number of halogens is 1. The zero-order valence-electron chi connectivity index (χ0n) is 13.4. The summed E-state index contributed by atoms with van der Waals surface area (Å²) in [5, 5.41) is 4.41. The molecule has 0 saturated heterocycles. The average Bonchev–Trinajstić information content (AvgIpc) is 2.46. The molecule has 0 bridgehead atoms. The van der Waals surface area contributed by atoms with E-state index >= 15 is 0 Å². The van der Waals surface area contributed by atoms with Crippen LogP contribution in [0.3, 0.4) is 0 Å². The minimum Gasteiger partial charge on any atom is -0.373 e. The third-order valence-corrected chi connectivity index (χ3v) is 4.50. The molecule has 20 heavy (non-hydrogen) atoms. The van der Waals surface area contributed by atoms with E-state index in [1.54, 1.807) is 0 Å². The molecule has 1 aromatic carbocycles. The zero-order valence-corrected chi connectivity index (χ0v) is 14.2. The number of hydrogen-bond acceptors (Lipinski definition) is 2. The van der Waals surface area contributed by atoms with E-state index < -0.39 is 0 Å². The van der Waals surface area contributed by atoms with Gasteiger partial charge in [0.1, 0.15) is 0 Å². The Balaban J connectivity index is 3.22. The normalized spacial score (nSPS) is 13.5. The third kappa shape index (κ3) is 3.75. The van der Waals surface area contributed by atoms with Crippen LogP contribution in [0.5, 0.6) is 0 Å². The van der Waals surface area contributed by atoms with Gasteiger partial charge in [-0.1, -0.05) is 44.5 Å². The maximum Gasteiger partial charge on any atom is 0.0870 e. The van der Waals surface area contributed by atoms with Crippen LogP contribution in [-0.4, -0.2) is 18.8 Å². The second-order valence-corrected chi connectivity index (χ2v) is 5.61. The standard InChI is InChI=1S/C17H28ClNO/c1-6-17(7-2,20-9-4)16(19-8-3)14-11-10-13(5)15(18)12-14/h10-12,16,19H,6-9H2,1-5H3. The summed E-state index contributed by atoms with van der Waals surface area (Å²) >= 11 is 6.30. The Morgan fingerprint density at radius 1 is 1.20 bits per heavy atom. The molecular weight excluding hydrogens is 270 g/mol. The molecule has 2 nitrogen and oxygen atoms in total. The molecule has 114 valence electrons. The third-order valence-electron chi connectivity index (χ3n) is 4.09. The summed E-state index contributed by atoms with van der Waals surface area (Å²) in [5.74, 6) is 0. The summed E-state index contributed by atoms with van der Waals surface area (Å²) in [6.07, 6.45) is 1.95. The summed E-state index contributed by atoms with van der Waals surface area (Å²) in [7, 11) is 0. The summed E-state index contributed by atoms with van der Waals surface area (Å²) in [6.45, 7) is 12.2. The highest BCUT2D eigenvalue weighted by atomic mass is 35.5. The largest absolute Gasteiger partial charge is 0.373 e. The van der Waals surface area contributed by atoms with Gasteiger partial charge in [0.05, 0.1) is 11.6 Å². The van der Waals surface area contributed by atoms with E-state index in [1.807, 2.05) is 6.92 Å². The lowest BCUT2D eigenvalue weighted by molar-refractivity contribution is -0.0730. The van der Waals surface area contributed by atoms with E-state index in [0.717, 1.165) is 36.6 Å². The van der Waals surface area contributed by atoms with Crippen LogP contribution in [0.1, 0.15) is 57.7 Å². The molecule has 0 fully saturated rings. The predicted molar refractivity (Wildman–Crippen MR) is 87.5 cm³/mol. The molecule has 0 amide bonds. The second kappa shape index (κ2) is 8.02. The Morgan fingerprint density at radius 3 is 2.30 bits per heavy atom. The molecule has 0 aromatic heterocycles.